The van der Waals surface area contributed by atoms with Crippen molar-refractivity contribution < 1.29 is 19.1 Å². The van der Waals surface area contributed by atoms with E-state index in [1.54, 1.807) is 33.8 Å². The van der Waals surface area contributed by atoms with E-state index in [0.29, 0.717) is 42.6 Å². The SMILES string of the molecule is COc1cn2nc(C)cc2cc1C(=O)Nc1ccc(N2CCN(C(=O)OC(C)(C)C)[C@@H](C)C2)nn1. The number of hydrogen-bond donors (Lipinski definition) is 1. The molecular formula is C24H31N7O4. The molecule has 1 N–H and O–H groups in total. The maximum absolute atomic E-state index is 12.9. The molecule has 1 aliphatic rings. The molecule has 0 unspecified atom stereocenters. The molecule has 3 aromatic heterocycles. The van der Waals surface area contributed by atoms with E-state index in [1.807, 2.05) is 40.7 Å². The number of nitrogens with zero attached hydrogens (tertiary/aromatic N) is 6. The monoisotopic (exact) mass is 481 g/mol. The van der Waals surface area contributed by atoms with E-state index in [0.717, 1.165) is 11.2 Å². The van der Waals surface area contributed by atoms with Gasteiger partial charge in [-0.15, -0.1) is 10.2 Å². The predicted octanol–water partition coefficient (Wildman–Crippen LogP) is 3.14. The summed E-state index contributed by atoms with van der Waals surface area (Å²) in [6.07, 6.45) is 1.36. The van der Waals surface area contributed by atoms with Crippen LogP contribution >= 0.6 is 0 Å². The molecule has 0 aromatic carbocycles. The van der Waals surface area contributed by atoms with Crippen molar-refractivity contribution in [3.05, 3.63) is 41.7 Å². The van der Waals surface area contributed by atoms with Gasteiger partial charge in [-0.3, -0.25) is 4.79 Å². The van der Waals surface area contributed by atoms with Gasteiger partial charge in [0.25, 0.3) is 5.91 Å². The van der Waals surface area contributed by atoms with Gasteiger partial charge in [0.1, 0.15) is 11.4 Å². The fraction of sp³-hybridized carbons (Fsp3) is 0.458. The molecule has 1 atom stereocenters. The molecule has 11 heteroatoms. The molecule has 3 aromatic rings. The maximum atomic E-state index is 12.9. The van der Waals surface area contributed by atoms with E-state index in [1.165, 1.54) is 7.11 Å². The Hall–Kier alpha value is -3.89. The highest BCUT2D eigenvalue weighted by molar-refractivity contribution is 6.06. The smallest absolute Gasteiger partial charge is 0.410 e. The lowest BCUT2D eigenvalue weighted by Crippen LogP contribution is -2.55. The Morgan fingerprint density at radius 1 is 1.14 bits per heavy atom. The maximum Gasteiger partial charge on any atom is 0.410 e. The number of piperazine rings is 1. The summed E-state index contributed by atoms with van der Waals surface area (Å²) in [5.41, 5.74) is 1.47. The van der Waals surface area contributed by atoms with Gasteiger partial charge in [-0.2, -0.15) is 5.10 Å². The second kappa shape index (κ2) is 9.40. The van der Waals surface area contributed by atoms with Gasteiger partial charge >= 0.3 is 6.09 Å². The van der Waals surface area contributed by atoms with Crippen LogP contribution in [0.4, 0.5) is 16.4 Å². The minimum atomic E-state index is -0.534. The van der Waals surface area contributed by atoms with Crippen molar-refractivity contribution in [3.63, 3.8) is 0 Å². The second-order valence-corrected chi connectivity index (χ2v) is 9.61. The minimum Gasteiger partial charge on any atom is -0.494 e. The zero-order chi connectivity index (χ0) is 25.3. The van der Waals surface area contributed by atoms with Crippen molar-refractivity contribution in [3.8, 4) is 5.75 Å². The lowest BCUT2D eigenvalue weighted by atomic mass is 10.2. The van der Waals surface area contributed by atoms with E-state index < -0.39 is 5.60 Å². The number of methoxy groups -OCH3 is 1. The summed E-state index contributed by atoms with van der Waals surface area (Å²) in [6, 6.07) is 7.07. The molecule has 1 saturated heterocycles. The van der Waals surface area contributed by atoms with Gasteiger partial charge in [-0.25, -0.2) is 9.31 Å². The van der Waals surface area contributed by atoms with Gasteiger partial charge in [0.2, 0.25) is 0 Å². The Kier molecular flexibility index (Phi) is 6.51. The highest BCUT2D eigenvalue weighted by Crippen LogP contribution is 2.23. The topological polar surface area (TPSA) is 114 Å². The zero-order valence-corrected chi connectivity index (χ0v) is 20.9. The summed E-state index contributed by atoms with van der Waals surface area (Å²) in [5.74, 6) is 1.04. The van der Waals surface area contributed by atoms with Crippen LogP contribution in [-0.4, -0.2) is 75.1 Å². The zero-order valence-electron chi connectivity index (χ0n) is 20.9. The Labute approximate surface area is 204 Å². The average molecular weight is 482 g/mol. The molecule has 0 spiro atoms. The van der Waals surface area contributed by atoms with Gasteiger partial charge in [-0.05, 0) is 58.9 Å². The largest absolute Gasteiger partial charge is 0.494 e. The number of anilines is 2. The third kappa shape index (κ3) is 5.44. The lowest BCUT2D eigenvalue weighted by molar-refractivity contribution is 0.0158. The van der Waals surface area contributed by atoms with Crippen LogP contribution < -0.4 is 15.0 Å². The van der Waals surface area contributed by atoms with Crippen LogP contribution in [-0.2, 0) is 4.74 Å². The molecular weight excluding hydrogens is 450 g/mol. The van der Waals surface area contributed by atoms with Gasteiger partial charge < -0.3 is 24.6 Å². The summed E-state index contributed by atoms with van der Waals surface area (Å²) in [6.45, 7) is 11.2. The van der Waals surface area contributed by atoms with Crippen molar-refractivity contribution in [1.82, 2.24) is 24.7 Å². The third-order valence-electron chi connectivity index (χ3n) is 5.62. The standard InChI is InChI=1S/C24H31N7O4/c1-15-11-17-12-18(19(34-6)14-31(17)28-15)22(32)25-20-7-8-21(27-26-20)29-9-10-30(16(2)13-29)23(33)35-24(3,4)5/h7-8,11-12,14,16H,9-10,13H2,1-6H3,(H,25,26,32)/t16-/m0/s1. The number of aryl methyl sites for hydroxylation is 1. The second-order valence-electron chi connectivity index (χ2n) is 9.61. The van der Waals surface area contributed by atoms with Gasteiger partial charge in [-0.1, -0.05) is 0 Å². The number of fused-ring (bicyclic) bond motifs is 1. The van der Waals surface area contributed by atoms with E-state index in [-0.39, 0.29) is 18.0 Å². The van der Waals surface area contributed by atoms with E-state index >= 15 is 0 Å². The molecule has 11 nitrogen and oxygen atoms in total. The molecule has 35 heavy (non-hydrogen) atoms. The van der Waals surface area contributed by atoms with Gasteiger partial charge in [0.15, 0.2) is 11.6 Å². The molecule has 1 fully saturated rings. The molecule has 186 valence electrons. The van der Waals surface area contributed by atoms with E-state index in [4.69, 9.17) is 9.47 Å². The molecule has 0 bridgehead atoms. The number of hydrogen-bond acceptors (Lipinski definition) is 8. The number of nitrogens with one attached hydrogen (secondary N) is 1. The Morgan fingerprint density at radius 2 is 1.91 bits per heavy atom. The molecule has 0 saturated carbocycles. The van der Waals surface area contributed by atoms with Gasteiger partial charge in [0, 0.05) is 25.7 Å². The van der Waals surface area contributed by atoms with Crippen LogP contribution in [0, 0.1) is 6.92 Å². The number of carbonyl (C=O) groups excluding carboxylic acids is 2. The summed E-state index contributed by atoms with van der Waals surface area (Å²) in [7, 11) is 1.51. The number of aromatic nitrogens is 4. The van der Waals surface area contributed by atoms with Crippen LogP contribution in [0.5, 0.6) is 5.75 Å². The average Bonchev–Trinajstić information content (AvgIpc) is 3.16. The molecule has 0 radical (unpaired) electrons. The summed E-state index contributed by atoms with van der Waals surface area (Å²) >= 11 is 0. The van der Waals surface area contributed by atoms with Crippen LogP contribution in [0.15, 0.2) is 30.5 Å². The Bertz CT molecular complexity index is 1230. The summed E-state index contributed by atoms with van der Waals surface area (Å²) in [5, 5.41) is 15.6. The number of ether oxygens (including phenoxy) is 2. The van der Waals surface area contributed by atoms with Crippen molar-refractivity contribution in [2.45, 2.75) is 46.3 Å². The normalized spacial score (nSPS) is 16.3. The van der Waals surface area contributed by atoms with Crippen LogP contribution in [0.25, 0.3) is 5.52 Å². The Morgan fingerprint density at radius 3 is 2.54 bits per heavy atom. The minimum absolute atomic E-state index is 0.0469. The molecule has 4 heterocycles. The first-order valence-corrected chi connectivity index (χ1v) is 11.5. The number of amides is 2. The van der Waals surface area contributed by atoms with Crippen LogP contribution in [0.3, 0.4) is 0 Å². The predicted molar refractivity (Wildman–Crippen MR) is 131 cm³/mol. The molecule has 1 aliphatic heterocycles. The van der Waals surface area contributed by atoms with E-state index in [2.05, 4.69) is 25.5 Å². The molecule has 0 aliphatic carbocycles. The Balaban J connectivity index is 1.41. The summed E-state index contributed by atoms with van der Waals surface area (Å²) in [4.78, 5) is 29.2. The molecule has 4 rings (SSSR count). The van der Waals surface area contributed by atoms with Crippen LogP contribution in [0.2, 0.25) is 0 Å². The first-order chi connectivity index (χ1) is 16.5. The van der Waals surface area contributed by atoms with Gasteiger partial charge in [0.05, 0.1) is 30.1 Å². The fourth-order valence-electron chi connectivity index (χ4n) is 3.99. The van der Waals surface area contributed by atoms with Crippen molar-refractivity contribution >= 4 is 29.2 Å². The highest BCUT2D eigenvalue weighted by atomic mass is 16.6. The third-order valence-corrected chi connectivity index (χ3v) is 5.62. The number of rotatable bonds is 4. The van der Waals surface area contributed by atoms with Crippen LogP contribution in [0.1, 0.15) is 43.7 Å². The first-order valence-electron chi connectivity index (χ1n) is 11.5. The van der Waals surface area contributed by atoms with E-state index in [9.17, 15) is 9.59 Å². The highest BCUT2D eigenvalue weighted by Gasteiger charge is 2.31. The molecule has 2 amide bonds. The quantitative estimate of drug-likeness (QED) is 0.605. The number of pyridine rings is 1. The first kappa shape index (κ1) is 24.2. The van der Waals surface area contributed by atoms with Crippen molar-refractivity contribution in [1.29, 1.82) is 0 Å². The number of carbonyl (C=O) groups is 2. The fourth-order valence-corrected chi connectivity index (χ4v) is 3.99. The van der Waals surface area contributed by atoms with Crippen molar-refractivity contribution in [2.24, 2.45) is 0 Å². The van der Waals surface area contributed by atoms with Crippen molar-refractivity contribution in [2.75, 3.05) is 37.0 Å². The lowest BCUT2D eigenvalue weighted by Gasteiger charge is -2.40. The summed E-state index contributed by atoms with van der Waals surface area (Å²) < 4.78 is 12.6.